The molecule has 0 aliphatic carbocycles. The van der Waals surface area contributed by atoms with Crippen molar-refractivity contribution in [3.63, 3.8) is 0 Å². The van der Waals surface area contributed by atoms with Crippen LogP contribution in [0.2, 0.25) is 0 Å². The van der Waals surface area contributed by atoms with Crippen molar-refractivity contribution in [2.75, 3.05) is 0 Å². The fraction of sp³-hybridized carbons (Fsp3) is 0.364. The number of hydrogen-bond acceptors (Lipinski definition) is 2. The summed E-state index contributed by atoms with van der Waals surface area (Å²) in [5, 5.41) is 8.86. The van der Waals surface area contributed by atoms with Gasteiger partial charge in [0.2, 0.25) is 0 Å². The normalized spacial score (nSPS) is 12.1. The van der Waals surface area contributed by atoms with E-state index >= 15 is 0 Å². The average molecular weight is 191 g/mol. The predicted molar refractivity (Wildman–Crippen MR) is 56.7 cm³/mol. The molecular weight excluding hydrogens is 178 g/mol. The molecule has 68 valence electrons. The second-order valence-electron chi connectivity index (χ2n) is 2.96. The van der Waals surface area contributed by atoms with E-state index in [1.165, 1.54) is 10.5 Å². The Balaban J connectivity index is 2.64. The predicted octanol–water partition coefficient (Wildman–Crippen LogP) is 3.39. The van der Waals surface area contributed by atoms with Crippen molar-refractivity contribution in [1.82, 2.24) is 0 Å². The van der Waals surface area contributed by atoms with Crippen molar-refractivity contribution in [3.05, 3.63) is 29.8 Å². The van der Waals surface area contributed by atoms with Crippen molar-refractivity contribution in [1.29, 1.82) is 5.26 Å². The van der Waals surface area contributed by atoms with Gasteiger partial charge in [-0.3, -0.25) is 0 Å². The van der Waals surface area contributed by atoms with Gasteiger partial charge in [0.15, 0.2) is 0 Å². The van der Waals surface area contributed by atoms with Crippen molar-refractivity contribution < 1.29 is 0 Å². The topological polar surface area (TPSA) is 23.8 Å². The molecule has 1 aromatic rings. The number of hydrogen-bond donors (Lipinski definition) is 0. The highest BCUT2D eigenvalue weighted by Crippen LogP contribution is 2.24. The van der Waals surface area contributed by atoms with E-state index in [2.05, 4.69) is 37.3 Å². The summed E-state index contributed by atoms with van der Waals surface area (Å²) in [4.78, 5) is 1.18. The molecule has 13 heavy (non-hydrogen) atoms. The van der Waals surface area contributed by atoms with Crippen LogP contribution in [-0.4, -0.2) is 5.25 Å². The summed E-state index contributed by atoms with van der Waals surface area (Å²) in [7, 11) is 0. The van der Waals surface area contributed by atoms with Gasteiger partial charge in [-0.25, -0.2) is 0 Å². The summed E-state index contributed by atoms with van der Waals surface area (Å²) in [6.07, 6.45) is 0.898. The van der Waals surface area contributed by atoms with Crippen LogP contribution in [0.15, 0.2) is 29.2 Å². The van der Waals surface area contributed by atoms with Crippen LogP contribution in [-0.2, 0) is 0 Å². The number of rotatable bonds is 3. The van der Waals surface area contributed by atoms with E-state index in [-0.39, 0.29) is 5.25 Å². The molecule has 0 radical (unpaired) electrons. The highest BCUT2D eigenvalue weighted by atomic mass is 32.2. The standard InChI is InChI=1S/C11H13NS/c1-3-10(8-12)13-11-6-4-9(2)5-7-11/h4-7,10H,3H2,1-2H3. The summed E-state index contributed by atoms with van der Waals surface area (Å²) in [6.45, 7) is 4.10. The third-order valence-electron chi connectivity index (χ3n) is 1.81. The van der Waals surface area contributed by atoms with Crippen LogP contribution in [0.4, 0.5) is 0 Å². The minimum Gasteiger partial charge on any atom is -0.197 e. The molecule has 0 aliphatic rings. The molecule has 0 N–H and O–H groups in total. The summed E-state index contributed by atoms with van der Waals surface area (Å²) in [6, 6.07) is 10.6. The summed E-state index contributed by atoms with van der Waals surface area (Å²) in [5.41, 5.74) is 1.26. The Bertz CT molecular complexity index is 297. The Labute approximate surface area is 83.8 Å². The van der Waals surface area contributed by atoms with E-state index in [1.807, 2.05) is 6.92 Å². The molecule has 1 rings (SSSR count). The Morgan fingerprint density at radius 3 is 2.46 bits per heavy atom. The molecule has 0 amide bonds. The molecule has 0 heterocycles. The van der Waals surface area contributed by atoms with Crippen LogP contribution in [0.5, 0.6) is 0 Å². The van der Waals surface area contributed by atoms with Gasteiger partial charge in [-0.1, -0.05) is 24.6 Å². The Morgan fingerprint density at radius 1 is 1.38 bits per heavy atom. The third-order valence-corrected chi connectivity index (χ3v) is 3.08. The molecule has 1 unspecified atom stereocenters. The van der Waals surface area contributed by atoms with E-state index in [9.17, 15) is 0 Å². The molecule has 0 aromatic heterocycles. The molecule has 0 aliphatic heterocycles. The van der Waals surface area contributed by atoms with Crippen LogP contribution in [0.1, 0.15) is 18.9 Å². The fourth-order valence-electron chi connectivity index (χ4n) is 0.982. The highest BCUT2D eigenvalue weighted by molar-refractivity contribution is 8.00. The molecule has 0 fully saturated rings. The maximum Gasteiger partial charge on any atom is 0.0961 e. The summed E-state index contributed by atoms with van der Waals surface area (Å²) >= 11 is 1.64. The molecular formula is C11H13NS. The zero-order chi connectivity index (χ0) is 9.68. The number of aryl methyl sites for hydroxylation is 1. The van der Waals surface area contributed by atoms with Gasteiger partial charge in [0.1, 0.15) is 0 Å². The minimum atomic E-state index is 0.0858. The van der Waals surface area contributed by atoms with Gasteiger partial charge in [-0.2, -0.15) is 5.26 Å². The van der Waals surface area contributed by atoms with E-state index in [1.54, 1.807) is 11.8 Å². The van der Waals surface area contributed by atoms with Crippen LogP contribution in [0.25, 0.3) is 0 Å². The SMILES string of the molecule is CCC(C#N)Sc1ccc(C)cc1. The monoisotopic (exact) mass is 191 g/mol. The number of nitrogens with zero attached hydrogens (tertiary/aromatic N) is 1. The highest BCUT2D eigenvalue weighted by Gasteiger charge is 2.05. The van der Waals surface area contributed by atoms with Gasteiger partial charge >= 0.3 is 0 Å². The number of thioether (sulfide) groups is 1. The van der Waals surface area contributed by atoms with Crippen molar-refractivity contribution in [3.8, 4) is 6.07 Å². The van der Waals surface area contributed by atoms with Crippen molar-refractivity contribution in [2.45, 2.75) is 30.4 Å². The first-order chi connectivity index (χ1) is 6.26. The molecule has 1 atom stereocenters. The fourth-order valence-corrected chi connectivity index (χ4v) is 1.82. The van der Waals surface area contributed by atoms with Crippen LogP contribution in [0.3, 0.4) is 0 Å². The smallest absolute Gasteiger partial charge is 0.0961 e. The van der Waals surface area contributed by atoms with E-state index < -0.39 is 0 Å². The number of nitriles is 1. The average Bonchev–Trinajstić information content (AvgIpc) is 2.17. The van der Waals surface area contributed by atoms with Crippen molar-refractivity contribution in [2.24, 2.45) is 0 Å². The zero-order valence-corrected chi connectivity index (χ0v) is 8.77. The lowest BCUT2D eigenvalue weighted by molar-refractivity contribution is 0.985. The van der Waals surface area contributed by atoms with Crippen LogP contribution in [0, 0.1) is 18.3 Å². The first-order valence-electron chi connectivity index (χ1n) is 4.39. The maximum atomic E-state index is 8.77. The first-order valence-corrected chi connectivity index (χ1v) is 5.27. The lowest BCUT2D eigenvalue weighted by atomic mass is 10.2. The summed E-state index contributed by atoms with van der Waals surface area (Å²) in [5.74, 6) is 0. The van der Waals surface area contributed by atoms with Crippen LogP contribution >= 0.6 is 11.8 Å². The van der Waals surface area contributed by atoms with E-state index in [0.29, 0.717) is 0 Å². The van der Waals surface area contributed by atoms with Gasteiger partial charge in [0, 0.05) is 4.90 Å². The molecule has 2 heteroatoms. The van der Waals surface area contributed by atoms with Gasteiger partial charge in [0.25, 0.3) is 0 Å². The molecule has 1 nitrogen and oxygen atoms in total. The quantitative estimate of drug-likeness (QED) is 0.684. The van der Waals surface area contributed by atoms with Gasteiger partial charge < -0.3 is 0 Å². The molecule has 0 spiro atoms. The molecule has 0 bridgehead atoms. The lowest BCUT2D eigenvalue weighted by Gasteiger charge is -2.05. The summed E-state index contributed by atoms with van der Waals surface area (Å²) < 4.78 is 0. The lowest BCUT2D eigenvalue weighted by Crippen LogP contribution is -1.94. The second kappa shape index (κ2) is 4.94. The van der Waals surface area contributed by atoms with E-state index in [4.69, 9.17) is 5.26 Å². The number of benzene rings is 1. The molecule has 1 aromatic carbocycles. The maximum absolute atomic E-state index is 8.77. The Kier molecular flexibility index (Phi) is 3.85. The zero-order valence-electron chi connectivity index (χ0n) is 7.95. The minimum absolute atomic E-state index is 0.0858. The largest absolute Gasteiger partial charge is 0.197 e. The Morgan fingerprint density at radius 2 is 2.00 bits per heavy atom. The van der Waals surface area contributed by atoms with Crippen LogP contribution < -0.4 is 0 Å². The Hall–Kier alpha value is -0.940. The molecule has 0 saturated heterocycles. The first kappa shape index (κ1) is 10.1. The van der Waals surface area contributed by atoms with Gasteiger partial charge in [0.05, 0.1) is 11.3 Å². The second-order valence-corrected chi connectivity index (χ2v) is 4.23. The third kappa shape index (κ3) is 3.12. The van der Waals surface area contributed by atoms with Crippen molar-refractivity contribution >= 4 is 11.8 Å². The van der Waals surface area contributed by atoms with Gasteiger partial charge in [-0.05, 0) is 25.5 Å². The van der Waals surface area contributed by atoms with Gasteiger partial charge in [-0.15, -0.1) is 11.8 Å². The van der Waals surface area contributed by atoms with E-state index in [0.717, 1.165) is 6.42 Å². The molecule has 0 saturated carbocycles.